The maximum absolute atomic E-state index is 12.7. The summed E-state index contributed by atoms with van der Waals surface area (Å²) in [6.45, 7) is 0. The molecule has 3 N–H and O–H groups in total. The zero-order valence-corrected chi connectivity index (χ0v) is 13.4. The lowest BCUT2D eigenvalue weighted by Gasteiger charge is -2.08. The van der Waals surface area contributed by atoms with Crippen LogP contribution < -0.4 is 15.9 Å². The number of ether oxygens (including phenoxy) is 1. The first-order valence-corrected chi connectivity index (χ1v) is 7.90. The minimum Gasteiger partial charge on any atom is -0.502 e. The molecular weight excluding hydrogens is 328 g/mol. The molecule has 0 aliphatic heterocycles. The topological polar surface area (TPSA) is 98.6 Å². The summed E-state index contributed by atoms with van der Waals surface area (Å²) in [7, 11) is 1.51. The number of thiazole rings is 1. The number of methoxy groups -OCH3 is 1. The number of rotatable bonds is 2. The molecule has 0 saturated heterocycles. The molecule has 0 radical (unpaired) electrons. The van der Waals surface area contributed by atoms with Crippen molar-refractivity contribution in [2.45, 2.75) is 0 Å². The van der Waals surface area contributed by atoms with Crippen molar-refractivity contribution in [3.63, 3.8) is 0 Å². The molecule has 4 aromatic rings. The van der Waals surface area contributed by atoms with Crippen LogP contribution in [0, 0.1) is 0 Å². The normalized spacial score (nSPS) is 11.2. The van der Waals surface area contributed by atoms with Gasteiger partial charge < -0.3 is 20.0 Å². The highest BCUT2D eigenvalue weighted by molar-refractivity contribution is 7.23. The Bertz CT molecular complexity index is 1130. The highest BCUT2D eigenvalue weighted by atomic mass is 32.1. The number of aromatic hydroxyl groups is 1. The minimum atomic E-state index is -0.522. The molecule has 0 saturated carbocycles. The molecule has 0 unspecified atom stereocenters. The number of nitrogens with two attached hydrogens (primary N) is 1. The van der Waals surface area contributed by atoms with Gasteiger partial charge in [0.2, 0.25) is 11.2 Å². The Labute approximate surface area is 139 Å². The lowest BCUT2D eigenvalue weighted by atomic mass is 10.1. The third-order valence-electron chi connectivity index (χ3n) is 3.74. The van der Waals surface area contributed by atoms with E-state index in [1.165, 1.54) is 7.11 Å². The van der Waals surface area contributed by atoms with Gasteiger partial charge in [-0.2, -0.15) is 0 Å². The second-order valence-electron chi connectivity index (χ2n) is 5.16. The predicted octanol–water partition coefficient (Wildman–Crippen LogP) is 3.37. The van der Waals surface area contributed by atoms with Crippen LogP contribution in [0.3, 0.4) is 0 Å². The summed E-state index contributed by atoms with van der Waals surface area (Å²) in [5, 5.41) is 10.9. The first kappa shape index (κ1) is 14.5. The zero-order chi connectivity index (χ0) is 16.8. The number of aromatic nitrogens is 1. The van der Waals surface area contributed by atoms with Crippen LogP contribution in [0.1, 0.15) is 0 Å². The van der Waals surface area contributed by atoms with E-state index in [1.54, 1.807) is 30.3 Å². The first-order chi connectivity index (χ1) is 11.6. The van der Waals surface area contributed by atoms with E-state index in [2.05, 4.69) is 4.98 Å². The van der Waals surface area contributed by atoms with Gasteiger partial charge in [0.05, 0.1) is 17.2 Å². The molecule has 7 heteroatoms. The molecule has 0 aliphatic carbocycles. The number of hydrogen-bond donors (Lipinski definition) is 2. The van der Waals surface area contributed by atoms with Gasteiger partial charge in [0.1, 0.15) is 16.8 Å². The van der Waals surface area contributed by atoms with Crippen LogP contribution in [0.5, 0.6) is 11.5 Å². The quantitative estimate of drug-likeness (QED) is 0.580. The van der Waals surface area contributed by atoms with E-state index < -0.39 is 11.2 Å². The number of anilines is 1. The lowest BCUT2D eigenvalue weighted by Crippen LogP contribution is -2.03. The van der Waals surface area contributed by atoms with Crippen molar-refractivity contribution in [1.29, 1.82) is 0 Å². The molecule has 0 fully saturated rings. The molecule has 24 heavy (non-hydrogen) atoms. The smallest absolute Gasteiger partial charge is 0.236 e. The van der Waals surface area contributed by atoms with E-state index in [0.717, 1.165) is 11.3 Å². The Morgan fingerprint density at radius 3 is 2.75 bits per heavy atom. The number of benzene rings is 2. The van der Waals surface area contributed by atoms with Gasteiger partial charge in [-0.05, 0) is 0 Å². The second-order valence-corrected chi connectivity index (χ2v) is 6.19. The summed E-state index contributed by atoms with van der Waals surface area (Å²) in [6.07, 6.45) is 0. The second kappa shape index (κ2) is 5.24. The molecular formula is C17H12N2O4S. The maximum Gasteiger partial charge on any atom is 0.236 e. The van der Waals surface area contributed by atoms with Gasteiger partial charge in [-0.15, -0.1) is 0 Å². The molecule has 0 amide bonds. The summed E-state index contributed by atoms with van der Waals surface area (Å²) in [4.78, 5) is 16.9. The first-order valence-electron chi connectivity index (χ1n) is 7.08. The molecule has 0 atom stereocenters. The van der Waals surface area contributed by atoms with E-state index in [0.29, 0.717) is 32.2 Å². The van der Waals surface area contributed by atoms with Crippen molar-refractivity contribution in [2.24, 2.45) is 0 Å². The van der Waals surface area contributed by atoms with Crippen molar-refractivity contribution < 1.29 is 14.3 Å². The zero-order valence-electron chi connectivity index (χ0n) is 12.6. The summed E-state index contributed by atoms with van der Waals surface area (Å²) in [5.74, 6) is 0.137. The standard InChI is InChI=1S/C17H12N2O4S/c1-22-10-7-9-11(16-12(10)19-17(18)24-16)13(20)14(21)15(23-9)8-5-3-2-4-6-8/h2-7,21H,1H3,(H2,18,19). The SMILES string of the molecule is COc1cc2oc(-c3ccccc3)c(O)c(=O)c2c2sc(N)nc12. The van der Waals surface area contributed by atoms with Crippen molar-refractivity contribution in [2.75, 3.05) is 12.8 Å². The molecule has 2 heterocycles. The monoisotopic (exact) mass is 340 g/mol. The van der Waals surface area contributed by atoms with Crippen LogP contribution in [-0.4, -0.2) is 17.2 Å². The summed E-state index contributed by atoms with van der Waals surface area (Å²) < 4.78 is 11.7. The molecule has 0 spiro atoms. The Kier molecular flexibility index (Phi) is 3.17. The Balaban J connectivity index is 2.17. The molecule has 0 aliphatic rings. The molecule has 2 aromatic carbocycles. The number of nitrogen functional groups attached to an aromatic ring is 1. The number of fused-ring (bicyclic) bond motifs is 3. The van der Waals surface area contributed by atoms with Gasteiger partial charge in [-0.1, -0.05) is 41.7 Å². The highest BCUT2D eigenvalue weighted by Crippen LogP contribution is 2.39. The van der Waals surface area contributed by atoms with Crippen LogP contribution >= 0.6 is 11.3 Å². The molecule has 4 rings (SSSR count). The van der Waals surface area contributed by atoms with E-state index in [-0.39, 0.29) is 11.1 Å². The van der Waals surface area contributed by atoms with Crippen LogP contribution in [0.25, 0.3) is 32.5 Å². The third-order valence-corrected chi connectivity index (χ3v) is 4.64. The Hall–Kier alpha value is -3.06. The Morgan fingerprint density at radius 1 is 1.29 bits per heavy atom. The van der Waals surface area contributed by atoms with Crippen molar-refractivity contribution >= 4 is 37.7 Å². The third kappa shape index (κ3) is 2.02. The van der Waals surface area contributed by atoms with Crippen LogP contribution in [0.15, 0.2) is 45.6 Å². The van der Waals surface area contributed by atoms with Gasteiger partial charge in [0.15, 0.2) is 10.9 Å². The largest absolute Gasteiger partial charge is 0.502 e. The molecule has 2 aromatic heterocycles. The van der Waals surface area contributed by atoms with Gasteiger partial charge in [-0.3, -0.25) is 4.79 Å². The van der Waals surface area contributed by atoms with Crippen LogP contribution in [0.2, 0.25) is 0 Å². The summed E-state index contributed by atoms with van der Waals surface area (Å²) in [5.41, 5.74) is 6.65. The molecule has 0 bridgehead atoms. The van der Waals surface area contributed by atoms with E-state index in [1.807, 2.05) is 6.07 Å². The summed E-state index contributed by atoms with van der Waals surface area (Å²) in [6, 6.07) is 10.5. The average Bonchev–Trinajstić information content (AvgIpc) is 2.99. The van der Waals surface area contributed by atoms with Gasteiger partial charge >= 0.3 is 0 Å². The lowest BCUT2D eigenvalue weighted by molar-refractivity contribution is 0.418. The highest BCUT2D eigenvalue weighted by Gasteiger charge is 2.21. The van der Waals surface area contributed by atoms with Gasteiger partial charge in [-0.25, -0.2) is 4.98 Å². The number of nitrogens with zero attached hydrogens (tertiary/aromatic N) is 1. The molecule has 6 nitrogen and oxygen atoms in total. The average molecular weight is 340 g/mol. The minimum absolute atomic E-state index is 0.118. The van der Waals surface area contributed by atoms with Crippen molar-refractivity contribution in [3.8, 4) is 22.8 Å². The van der Waals surface area contributed by atoms with Crippen LogP contribution in [-0.2, 0) is 0 Å². The fraction of sp³-hybridized carbons (Fsp3) is 0.0588. The predicted molar refractivity (Wildman–Crippen MR) is 93.7 cm³/mol. The van der Waals surface area contributed by atoms with Crippen LogP contribution in [0.4, 0.5) is 5.13 Å². The van der Waals surface area contributed by atoms with E-state index in [9.17, 15) is 9.90 Å². The van der Waals surface area contributed by atoms with Crippen molar-refractivity contribution in [3.05, 3.63) is 46.6 Å². The Morgan fingerprint density at radius 2 is 2.04 bits per heavy atom. The van der Waals surface area contributed by atoms with Gasteiger partial charge in [0, 0.05) is 11.6 Å². The number of hydrogen-bond acceptors (Lipinski definition) is 7. The molecule has 120 valence electrons. The van der Waals surface area contributed by atoms with Crippen molar-refractivity contribution in [1.82, 2.24) is 4.98 Å². The fourth-order valence-corrected chi connectivity index (χ4v) is 3.55. The van der Waals surface area contributed by atoms with E-state index >= 15 is 0 Å². The fourth-order valence-electron chi connectivity index (χ4n) is 2.66. The summed E-state index contributed by atoms with van der Waals surface area (Å²) >= 11 is 1.15. The van der Waals surface area contributed by atoms with Gasteiger partial charge in [0.25, 0.3) is 0 Å². The van der Waals surface area contributed by atoms with E-state index in [4.69, 9.17) is 14.9 Å². The maximum atomic E-state index is 12.7.